The summed E-state index contributed by atoms with van der Waals surface area (Å²) in [5.41, 5.74) is -0.943. The summed E-state index contributed by atoms with van der Waals surface area (Å²) in [7, 11) is 0. The summed E-state index contributed by atoms with van der Waals surface area (Å²) in [5, 5.41) is 25.0. The lowest BCUT2D eigenvalue weighted by molar-refractivity contribution is -0.0673. The molecule has 0 radical (unpaired) electrons. The monoisotopic (exact) mass is 526 g/mol. The van der Waals surface area contributed by atoms with Crippen molar-refractivity contribution in [2.24, 2.45) is 88.8 Å². The Kier molecular flexibility index (Phi) is 1.32. The number of hydrogen-bond donors (Lipinski definition) is 2. The molecule has 0 aromatic heterocycles. The van der Waals surface area contributed by atoms with Gasteiger partial charge in [-0.1, -0.05) is 47.8 Å². The lowest BCUT2D eigenvalue weighted by atomic mass is 9.73. The molecule has 0 amide bonds. The van der Waals surface area contributed by atoms with Crippen LogP contribution >= 0.6 is 47.8 Å². The van der Waals surface area contributed by atoms with Gasteiger partial charge < -0.3 is 10.2 Å². The second-order valence-corrected chi connectivity index (χ2v) is 16.1. The van der Waals surface area contributed by atoms with Gasteiger partial charge in [0.2, 0.25) is 0 Å². The quantitative estimate of drug-likeness (QED) is 0.474. The van der Waals surface area contributed by atoms with Gasteiger partial charge in [-0.25, -0.2) is 0 Å². The van der Waals surface area contributed by atoms with Gasteiger partial charge in [0.05, 0.1) is 19.9 Å². The van der Waals surface area contributed by atoms with Crippen molar-refractivity contribution in [3.63, 3.8) is 0 Å². The Balaban J connectivity index is 1.48. The molecule has 0 heterocycles. The van der Waals surface area contributed by atoms with E-state index in [0.29, 0.717) is 76.9 Å². The third-order valence-electron chi connectivity index (χ3n) is 13.6. The van der Waals surface area contributed by atoms with Gasteiger partial charge in [0.15, 0.2) is 0 Å². The largest absolute Gasteiger partial charge is 0.388 e. The molecule has 20 atom stereocenters. The summed E-state index contributed by atoms with van der Waals surface area (Å²) in [4.78, 5) is 0. The molecule has 12 fully saturated rings. The average molecular weight is 529 g/mol. The van der Waals surface area contributed by atoms with Crippen LogP contribution in [-0.2, 0) is 0 Å². The standard InChI is InChI=1S/C20H17Br3O2/c21-16-13-11-5-3-7-1-2-8(3)18(23,14(5)16)20(25)10(2)4-6(15(16)20)12(13)19(24,9(1)4)17(7,11)22/h1-15,24-25H/t1-,2+,3-,4-,5-,6-,7-,8+,9+,10-,11-,12+,13+,14+,15-,16+,17+,18-,19-,20+/m0/s1. The van der Waals surface area contributed by atoms with E-state index in [-0.39, 0.29) is 13.0 Å². The molecule has 2 N–H and O–H groups in total. The number of halogens is 3. The van der Waals surface area contributed by atoms with Crippen molar-refractivity contribution in [3.05, 3.63) is 0 Å². The van der Waals surface area contributed by atoms with Gasteiger partial charge in [0, 0.05) is 10.2 Å². The van der Waals surface area contributed by atoms with Gasteiger partial charge >= 0.3 is 0 Å². The second kappa shape index (κ2) is 2.58. The van der Waals surface area contributed by atoms with E-state index in [4.69, 9.17) is 0 Å². The van der Waals surface area contributed by atoms with Crippen LogP contribution in [0.1, 0.15) is 0 Å². The van der Waals surface area contributed by atoms with E-state index in [0.717, 1.165) is 11.8 Å². The topological polar surface area (TPSA) is 40.5 Å². The third-order valence-corrected chi connectivity index (χ3v) is 18.5. The Morgan fingerprint density at radius 1 is 0.480 bits per heavy atom. The average Bonchev–Trinajstić information content (AvgIpc) is 3.32. The molecule has 0 saturated heterocycles. The van der Waals surface area contributed by atoms with Crippen LogP contribution in [0.4, 0.5) is 0 Å². The lowest BCUT2D eigenvalue weighted by Gasteiger charge is -2.45. The van der Waals surface area contributed by atoms with Crippen LogP contribution in [0.5, 0.6) is 0 Å². The number of rotatable bonds is 0. The van der Waals surface area contributed by atoms with E-state index in [1.807, 2.05) is 0 Å². The van der Waals surface area contributed by atoms with Crippen molar-refractivity contribution < 1.29 is 10.2 Å². The SMILES string of the molecule is O[C@@]12[C@@H]3[C@H]4[C@H]5[C@H]6[C@H]3[C@H]3[C@@H]1[C@H]1[C@@H]7[C@@H]8[C@@H]([C@H]4[C@@]72Br)[C@@H]5[C@]2(Br)[C@H]8[C@@]1(Br)[C@H]3[C@]62O. The molecule has 2 nitrogen and oxygen atoms in total. The van der Waals surface area contributed by atoms with E-state index in [1.165, 1.54) is 0 Å². The summed E-state index contributed by atoms with van der Waals surface area (Å²) in [5.74, 6) is 9.21. The summed E-state index contributed by atoms with van der Waals surface area (Å²) in [6, 6.07) is 0. The fourth-order valence-corrected chi connectivity index (χ4v) is 20.9. The molecular formula is C20H17Br3O2. The van der Waals surface area contributed by atoms with Gasteiger partial charge in [-0.3, -0.25) is 0 Å². The Labute approximate surface area is 170 Å². The molecule has 12 saturated carbocycles. The predicted molar refractivity (Wildman–Crippen MR) is 97.2 cm³/mol. The molecule has 12 aliphatic carbocycles. The Hall–Kier alpha value is 1.36. The van der Waals surface area contributed by atoms with Crippen LogP contribution < -0.4 is 0 Å². The maximum absolute atomic E-state index is 12.5. The minimum Gasteiger partial charge on any atom is -0.388 e. The summed E-state index contributed by atoms with van der Waals surface area (Å²) < 4.78 is 0.109. The summed E-state index contributed by atoms with van der Waals surface area (Å²) in [6.45, 7) is 0. The van der Waals surface area contributed by atoms with Crippen molar-refractivity contribution in [1.29, 1.82) is 0 Å². The van der Waals surface area contributed by atoms with Crippen LogP contribution in [0.25, 0.3) is 0 Å². The van der Waals surface area contributed by atoms with Crippen LogP contribution in [0.2, 0.25) is 0 Å². The van der Waals surface area contributed by atoms with Crippen molar-refractivity contribution >= 4 is 47.8 Å². The highest BCUT2D eigenvalue weighted by atomic mass is 79.9. The zero-order chi connectivity index (χ0) is 16.2. The van der Waals surface area contributed by atoms with E-state index in [1.54, 1.807) is 0 Å². The highest BCUT2D eigenvalue weighted by Gasteiger charge is 3.11. The molecule has 12 rings (SSSR count). The molecule has 0 spiro atoms. The van der Waals surface area contributed by atoms with Crippen molar-refractivity contribution in [3.8, 4) is 0 Å². The third kappa shape index (κ3) is 0.588. The molecule has 0 unspecified atom stereocenters. The molecule has 130 valence electrons. The fourth-order valence-electron chi connectivity index (χ4n) is 15.2. The lowest BCUT2D eigenvalue weighted by Crippen LogP contribution is -2.57. The molecule has 0 aliphatic heterocycles. The van der Waals surface area contributed by atoms with E-state index in [9.17, 15) is 10.2 Å². The summed E-state index contributed by atoms with van der Waals surface area (Å²) in [6.07, 6.45) is 0. The van der Waals surface area contributed by atoms with Gasteiger partial charge in [-0.2, -0.15) is 0 Å². The van der Waals surface area contributed by atoms with Crippen molar-refractivity contribution in [2.45, 2.75) is 24.2 Å². The van der Waals surface area contributed by atoms with Gasteiger partial charge in [-0.05, 0) is 82.9 Å². The van der Waals surface area contributed by atoms with E-state index in [2.05, 4.69) is 47.8 Å². The first-order valence-corrected chi connectivity index (χ1v) is 12.7. The number of hydrogen-bond acceptors (Lipinski definition) is 2. The molecule has 12 aliphatic rings. The maximum atomic E-state index is 12.5. The van der Waals surface area contributed by atoms with Crippen LogP contribution in [0.3, 0.4) is 0 Å². The van der Waals surface area contributed by atoms with Crippen molar-refractivity contribution in [1.82, 2.24) is 0 Å². The predicted octanol–water partition coefficient (Wildman–Crippen LogP) is 2.24. The first-order valence-electron chi connectivity index (χ1n) is 10.4. The zero-order valence-electron chi connectivity index (χ0n) is 13.2. The first kappa shape index (κ1) is 12.8. The highest BCUT2D eigenvalue weighted by molar-refractivity contribution is 9.11. The highest BCUT2D eigenvalue weighted by Crippen LogP contribution is 3.07. The fraction of sp³-hybridized carbons (Fsp3) is 1.00. The van der Waals surface area contributed by atoms with Gasteiger partial charge in [0.1, 0.15) is 0 Å². The second-order valence-electron chi connectivity index (χ2n) is 12.1. The number of aliphatic hydroxyl groups is 2. The normalized spacial score (nSPS) is 104. The Morgan fingerprint density at radius 2 is 1.04 bits per heavy atom. The van der Waals surface area contributed by atoms with Gasteiger partial charge in [-0.15, -0.1) is 0 Å². The van der Waals surface area contributed by atoms with Crippen LogP contribution in [0, 0.1) is 88.8 Å². The molecule has 0 bridgehead atoms. The smallest absolute Gasteiger partial charge is 0.0884 e. The minimum absolute atomic E-state index is 0.0110. The molecule has 0 aromatic carbocycles. The zero-order valence-corrected chi connectivity index (χ0v) is 17.9. The Morgan fingerprint density at radius 3 is 1.80 bits per heavy atom. The maximum Gasteiger partial charge on any atom is 0.0884 e. The summed E-state index contributed by atoms with van der Waals surface area (Å²) >= 11 is 13.2. The van der Waals surface area contributed by atoms with Gasteiger partial charge in [0.25, 0.3) is 0 Å². The van der Waals surface area contributed by atoms with Crippen molar-refractivity contribution in [2.75, 3.05) is 0 Å². The van der Waals surface area contributed by atoms with E-state index >= 15 is 0 Å². The minimum atomic E-state index is -0.486. The first-order chi connectivity index (χ1) is 11.8. The Bertz CT molecular complexity index is 887. The van der Waals surface area contributed by atoms with Crippen LogP contribution in [0.15, 0.2) is 0 Å². The number of alkyl halides is 3. The molecule has 0 aromatic rings. The molecule has 25 heavy (non-hydrogen) atoms. The van der Waals surface area contributed by atoms with Crippen LogP contribution in [-0.4, -0.2) is 34.4 Å². The molecule has 5 heteroatoms. The molecular weight excluding hydrogens is 512 g/mol. The van der Waals surface area contributed by atoms with E-state index < -0.39 is 11.2 Å².